The Labute approximate surface area is 198 Å². The highest BCUT2D eigenvalue weighted by atomic mass is 16.4. The predicted octanol–water partition coefficient (Wildman–Crippen LogP) is 4.62. The van der Waals surface area contributed by atoms with Gasteiger partial charge in [-0.05, 0) is 69.9 Å². The quantitative estimate of drug-likeness (QED) is 0.379. The van der Waals surface area contributed by atoms with E-state index in [9.17, 15) is 14.7 Å². The van der Waals surface area contributed by atoms with Crippen molar-refractivity contribution in [1.82, 2.24) is 5.32 Å². The monoisotopic (exact) mass is 454 g/mol. The molecular weight excluding hydrogens is 428 g/mol. The van der Waals surface area contributed by atoms with Crippen molar-refractivity contribution in [3.63, 3.8) is 0 Å². The smallest absolute Gasteiger partial charge is 0.335 e. The van der Waals surface area contributed by atoms with E-state index in [1.54, 1.807) is 18.2 Å². The number of hydrogen-bond donors (Lipinski definition) is 3. The molecule has 0 heterocycles. The first-order valence-corrected chi connectivity index (χ1v) is 10.9. The lowest BCUT2D eigenvalue weighted by molar-refractivity contribution is 0.0696. The molecular formula is C28H26N2O4. The van der Waals surface area contributed by atoms with E-state index in [4.69, 9.17) is 5.11 Å². The van der Waals surface area contributed by atoms with E-state index in [-0.39, 0.29) is 11.5 Å². The lowest BCUT2D eigenvalue weighted by Gasteiger charge is -2.14. The van der Waals surface area contributed by atoms with Gasteiger partial charge in [-0.15, -0.1) is 0 Å². The minimum absolute atomic E-state index is 0.166. The molecule has 0 fully saturated rings. The Kier molecular flexibility index (Phi) is 6.61. The maximum atomic E-state index is 12.7. The van der Waals surface area contributed by atoms with Crippen molar-refractivity contribution in [2.75, 3.05) is 19.0 Å². The molecule has 1 unspecified atom stereocenters. The number of aliphatic hydroxyl groups excluding tert-OH is 1. The molecule has 0 aliphatic heterocycles. The van der Waals surface area contributed by atoms with Crippen LogP contribution in [0.3, 0.4) is 0 Å². The Morgan fingerprint density at radius 2 is 1.41 bits per heavy atom. The molecule has 4 aromatic rings. The minimum Gasteiger partial charge on any atom is -0.478 e. The number of carbonyl (C=O) groups excluding carboxylic acids is 1. The van der Waals surface area contributed by atoms with Gasteiger partial charge in [0.25, 0.3) is 5.91 Å². The fourth-order valence-electron chi connectivity index (χ4n) is 3.77. The van der Waals surface area contributed by atoms with Gasteiger partial charge in [-0.25, -0.2) is 4.79 Å². The zero-order chi connectivity index (χ0) is 24.2. The average Bonchev–Trinajstić information content (AvgIpc) is 2.86. The molecule has 0 saturated carbocycles. The Morgan fingerprint density at radius 1 is 0.794 bits per heavy atom. The molecule has 172 valence electrons. The van der Waals surface area contributed by atoms with Gasteiger partial charge in [-0.2, -0.15) is 0 Å². The zero-order valence-corrected chi connectivity index (χ0v) is 19.0. The van der Waals surface area contributed by atoms with Crippen LogP contribution in [0.2, 0.25) is 0 Å². The van der Waals surface area contributed by atoms with Crippen LogP contribution in [0.15, 0.2) is 84.9 Å². The molecule has 0 aromatic heterocycles. The highest BCUT2D eigenvalue weighted by Crippen LogP contribution is 2.26. The van der Waals surface area contributed by atoms with E-state index < -0.39 is 12.1 Å². The van der Waals surface area contributed by atoms with Gasteiger partial charge >= 0.3 is 5.97 Å². The summed E-state index contributed by atoms with van der Waals surface area (Å²) in [4.78, 5) is 25.8. The van der Waals surface area contributed by atoms with Gasteiger partial charge < -0.3 is 20.4 Å². The molecule has 0 aliphatic rings. The van der Waals surface area contributed by atoms with Gasteiger partial charge in [0.1, 0.15) is 6.10 Å². The molecule has 4 rings (SSSR count). The van der Waals surface area contributed by atoms with Crippen molar-refractivity contribution in [3.05, 3.63) is 113 Å². The Morgan fingerprint density at radius 3 is 2.06 bits per heavy atom. The van der Waals surface area contributed by atoms with Crippen LogP contribution >= 0.6 is 0 Å². The standard InChI is InChI=1S/C28H26N2O4/c1-30(2)25-13-3-18(4-14-25)17-29-27(32)23-12-6-19-5-11-22(15-24(19)16-23)26(31)20-7-9-21(10-8-20)28(33)34/h3-16,26,31H,17H2,1-2H3,(H,29,32)(H,33,34). The molecule has 0 radical (unpaired) electrons. The number of carboxylic acid groups (broad SMARTS) is 1. The van der Waals surface area contributed by atoms with Gasteiger partial charge in [0.15, 0.2) is 0 Å². The number of benzene rings is 4. The first-order chi connectivity index (χ1) is 16.3. The topological polar surface area (TPSA) is 89.9 Å². The van der Waals surface area contributed by atoms with Crippen molar-refractivity contribution in [1.29, 1.82) is 0 Å². The van der Waals surface area contributed by atoms with Crippen LogP contribution in [-0.2, 0) is 6.54 Å². The van der Waals surface area contributed by atoms with Gasteiger partial charge in [-0.3, -0.25) is 4.79 Å². The normalized spacial score (nSPS) is 11.7. The van der Waals surface area contributed by atoms with Gasteiger partial charge in [-0.1, -0.05) is 42.5 Å². The van der Waals surface area contributed by atoms with Crippen molar-refractivity contribution in [2.24, 2.45) is 0 Å². The summed E-state index contributed by atoms with van der Waals surface area (Å²) in [7, 11) is 3.96. The lowest BCUT2D eigenvalue weighted by Crippen LogP contribution is -2.22. The second-order valence-corrected chi connectivity index (χ2v) is 8.39. The van der Waals surface area contributed by atoms with Gasteiger partial charge in [0.2, 0.25) is 0 Å². The van der Waals surface area contributed by atoms with E-state index in [1.807, 2.05) is 73.6 Å². The van der Waals surface area contributed by atoms with Crippen LogP contribution in [0.4, 0.5) is 5.69 Å². The first-order valence-electron chi connectivity index (χ1n) is 10.9. The Bertz CT molecular complexity index is 1330. The fraction of sp³-hybridized carbons (Fsp3) is 0.143. The average molecular weight is 455 g/mol. The number of carboxylic acids is 1. The SMILES string of the molecule is CN(C)c1ccc(CNC(=O)c2ccc3ccc(C(O)c4ccc(C(=O)O)cc4)cc3c2)cc1. The van der Waals surface area contributed by atoms with E-state index in [0.717, 1.165) is 22.0 Å². The summed E-state index contributed by atoms with van der Waals surface area (Å²) >= 11 is 0. The minimum atomic E-state index is -1.01. The molecule has 1 atom stereocenters. The Hall–Kier alpha value is -4.16. The van der Waals surface area contributed by atoms with Crippen molar-refractivity contribution in [2.45, 2.75) is 12.6 Å². The molecule has 0 aliphatic carbocycles. The summed E-state index contributed by atoms with van der Waals surface area (Å²) in [5.41, 5.74) is 4.07. The molecule has 34 heavy (non-hydrogen) atoms. The number of hydrogen-bond acceptors (Lipinski definition) is 4. The van der Waals surface area contributed by atoms with E-state index in [1.165, 1.54) is 12.1 Å². The maximum Gasteiger partial charge on any atom is 0.335 e. The fourth-order valence-corrected chi connectivity index (χ4v) is 3.77. The number of fused-ring (bicyclic) bond motifs is 1. The third-order valence-corrected chi connectivity index (χ3v) is 5.82. The van der Waals surface area contributed by atoms with Crippen LogP contribution in [0.1, 0.15) is 43.5 Å². The highest BCUT2D eigenvalue weighted by molar-refractivity contribution is 5.98. The third kappa shape index (κ3) is 5.08. The number of rotatable bonds is 7. The molecule has 4 aromatic carbocycles. The van der Waals surface area contributed by atoms with Crippen LogP contribution in [0.25, 0.3) is 10.8 Å². The predicted molar refractivity (Wildman–Crippen MR) is 133 cm³/mol. The molecule has 6 nitrogen and oxygen atoms in total. The van der Waals surface area contributed by atoms with E-state index in [2.05, 4.69) is 5.32 Å². The summed E-state index contributed by atoms with van der Waals surface area (Å²) in [6.45, 7) is 0.426. The molecule has 3 N–H and O–H groups in total. The number of nitrogens with zero attached hydrogens (tertiary/aromatic N) is 1. The lowest BCUT2D eigenvalue weighted by atomic mass is 9.97. The summed E-state index contributed by atoms with van der Waals surface area (Å²) in [5, 5.41) is 24.6. The molecule has 0 bridgehead atoms. The third-order valence-electron chi connectivity index (χ3n) is 5.82. The van der Waals surface area contributed by atoms with E-state index in [0.29, 0.717) is 23.2 Å². The molecule has 6 heteroatoms. The number of aliphatic hydroxyl groups is 1. The second kappa shape index (κ2) is 9.77. The van der Waals surface area contributed by atoms with Crippen LogP contribution in [-0.4, -0.2) is 36.2 Å². The van der Waals surface area contributed by atoms with Crippen LogP contribution < -0.4 is 10.2 Å². The van der Waals surface area contributed by atoms with Gasteiger partial charge in [0.05, 0.1) is 5.56 Å². The molecule has 0 spiro atoms. The van der Waals surface area contributed by atoms with Crippen molar-refractivity contribution in [3.8, 4) is 0 Å². The summed E-state index contributed by atoms with van der Waals surface area (Å²) < 4.78 is 0. The largest absolute Gasteiger partial charge is 0.478 e. The first kappa shape index (κ1) is 23.0. The van der Waals surface area contributed by atoms with Crippen LogP contribution in [0.5, 0.6) is 0 Å². The number of aromatic carboxylic acids is 1. The number of anilines is 1. The number of amides is 1. The summed E-state index contributed by atoms with van der Waals surface area (Å²) in [6.07, 6.45) is -0.908. The zero-order valence-electron chi connectivity index (χ0n) is 19.0. The molecule has 0 saturated heterocycles. The van der Waals surface area contributed by atoms with Crippen LogP contribution in [0, 0.1) is 0 Å². The summed E-state index contributed by atoms with van der Waals surface area (Å²) in [6, 6.07) is 25.2. The van der Waals surface area contributed by atoms with Crippen molar-refractivity contribution >= 4 is 28.3 Å². The Balaban J connectivity index is 1.50. The maximum absolute atomic E-state index is 12.7. The summed E-state index contributed by atoms with van der Waals surface area (Å²) in [5.74, 6) is -1.18. The van der Waals surface area contributed by atoms with Gasteiger partial charge in [0, 0.05) is 31.9 Å². The molecule has 1 amide bonds. The number of nitrogens with one attached hydrogen (secondary N) is 1. The van der Waals surface area contributed by atoms with Crippen molar-refractivity contribution < 1.29 is 19.8 Å². The van der Waals surface area contributed by atoms with E-state index >= 15 is 0 Å². The number of carbonyl (C=O) groups is 2. The highest BCUT2D eigenvalue weighted by Gasteiger charge is 2.13. The second-order valence-electron chi connectivity index (χ2n) is 8.39.